The smallest absolute Gasteiger partial charge is 0.270 e. The Bertz CT molecular complexity index is 1010. The van der Waals surface area contributed by atoms with E-state index in [1.165, 1.54) is 13.2 Å². The molecule has 2 saturated carbocycles. The molecule has 2 aromatic heterocycles. The normalized spacial score (nSPS) is 26.6. The van der Waals surface area contributed by atoms with Crippen LogP contribution in [-0.2, 0) is 0 Å². The largest absolute Gasteiger partial charge is 0.358 e. The van der Waals surface area contributed by atoms with Gasteiger partial charge in [0.15, 0.2) is 5.43 Å². The summed E-state index contributed by atoms with van der Waals surface area (Å²) in [5.41, 5.74) is 1.36. The van der Waals surface area contributed by atoms with Crippen LogP contribution in [0.4, 0.5) is 8.78 Å². The van der Waals surface area contributed by atoms with E-state index in [1.54, 1.807) is 12.1 Å². The molecule has 0 radical (unpaired) electrons. The van der Waals surface area contributed by atoms with Crippen LogP contribution in [0.2, 0.25) is 0 Å². The number of hydrogen-bond donors (Lipinski definition) is 2. The lowest BCUT2D eigenvalue weighted by molar-refractivity contribution is -0.0573. The van der Waals surface area contributed by atoms with Crippen molar-refractivity contribution in [2.24, 2.45) is 17.8 Å². The fourth-order valence-corrected chi connectivity index (χ4v) is 5.78. The molecule has 1 amide bonds. The van der Waals surface area contributed by atoms with Crippen LogP contribution < -0.4 is 10.7 Å². The van der Waals surface area contributed by atoms with Crippen molar-refractivity contribution in [3.63, 3.8) is 0 Å². The van der Waals surface area contributed by atoms with Crippen molar-refractivity contribution in [3.8, 4) is 0 Å². The second-order valence-corrected chi connectivity index (χ2v) is 9.30. The van der Waals surface area contributed by atoms with Gasteiger partial charge in [0, 0.05) is 43.8 Å². The summed E-state index contributed by atoms with van der Waals surface area (Å²) in [5.74, 6) is -1.62. The SMILES string of the molecule is CC[C@H]1CC[C@@H](c2cc(=O)c3c(C(=O)NC)nccc3[nH]2)[C@H](C2CCC(F)(F)CC2)C1. The maximum Gasteiger partial charge on any atom is 0.270 e. The van der Waals surface area contributed by atoms with Crippen molar-refractivity contribution in [2.45, 2.75) is 70.1 Å². The zero-order chi connectivity index (χ0) is 22.2. The predicted octanol–water partition coefficient (Wildman–Crippen LogP) is 5.02. The van der Waals surface area contributed by atoms with Crippen LogP contribution in [0.15, 0.2) is 23.1 Å². The van der Waals surface area contributed by atoms with Crippen LogP contribution in [0.5, 0.6) is 0 Å². The Morgan fingerprint density at radius 3 is 2.68 bits per heavy atom. The second kappa shape index (κ2) is 8.67. The molecule has 4 rings (SSSR count). The summed E-state index contributed by atoms with van der Waals surface area (Å²) in [4.78, 5) is 32.7. The number of pyridine rings is 2. The van der Waals surface area contributed by atoms with Gasteiger partial charge in [0.1, 0.15) is 5.69 Å². The molecule has 2 fully saturated rings. The molecule has 0 aromatic carbocycles. The summed E-state index contributed by atoms with van der Waals surface area (Å²) in [5, 5.41) is 2.82. The highest BCUT2D eigenvalue weighted by molar-refractivity contribution is 6.04. The van der Waals surface area contributed by atoms with Gasteiger partial charge in [-0.05, 0) is 55.9 Å². The molecule has 3 atom stereocenters. The summed E-state index contributed by atoms with van der Waals surface area (Å²) in [6.07, 6.45) is 6.71. The first-order valence-electron chi connectivity index (χ1n) is 11.4. The fraction of sp³-hybridized carbons (Fsp3) is 0.625. The third kappa shape index (κ3) is 4.37. The van der Waals surface area contributed by atoms with Gasteiger partial charge >= 0.3 is 0 Å². The van der Waals surface area contributed by atoms with Crippen molar-refractivity contribution in [1.82, 2.24) is 15.3 Å². The molecule has 31 heavy (non-hydrogen) atoms. The van der Waals surface area contributed by atoms with Crippen LogP contribution in [0.25, 0.3) is 10.9 Å². The topological polar surface area (TPSA) is 74.8 Å². The Labute approximate surface area is 181 Å². The van der Waals surface area contributed by atoms with E-state index in [-0.39, 0.29) is 35.8 Å². The molecule has 2 aliphatic rings. The summed E-state index contributed by atoms with van der Waals surface area (Å²) >= 11 is 0. The van der Waals surface area contributed by atoms with E-state index in [0.717, 1.165) is 31.4 Å². The van der Waals surface area contributed by atoms with Crippen molar-refractivity contribution < 1.29 is 13.6 Å². The van der Waals surface area contributed by atoms with Crippen molar-refractivity contribution in [3.05, 3.63) is 39.9 Å². The molecule has 0 saturated heterocycles. The average Bonchev–Trinajstić information content (AvgIpc) is 2.77. The van der Waals surface area contributed by atoms with Gasteiger partial charge in [-0.15, -0.1) is 0 Å². The van der Waals surface area contributed by atoms with Crippen LogP contribution in [-0.4, -0.2) is 28.8 Å². The van der Waals surface area contributed by atoms with E-state index in [2.05, 4.69) is 22.2 Å². The molecule has 0 spiro atoms. The zero-order valence-corrected chi connectivity index (χ0v) is 18.2. The Balaban J connectivity index is 1.70. The minimum atomic E-state index is -2.54. The summed E-state index contributed by atoms with van der Waals surface area (Å²) in [6.45, 7) is 2.20. The number of nitrogens with one attached hydrogen (secondary N) is 2. The summed E-state index contributed by atoms with van der Waals surface area (Å²) in [7, 11) is 1.51. The molecular weight excluding hydrogens is 400 g/mol. The van der Waals surface area contributed by atoms with Gasteiger partial charge in [0.25, 0.3) is 5.91 Å². The van der Waals surface area contributed by atoms with Gasteiger partial charge in [-0.25, -0.2) is 8.78 Å². The molecule has 0 bridgehead atoms. The molecule has 5 nitrogen and oxygen atoms in total. The Morgan fingerprint density at radius 1 is 1.26 bits per heavy atom. The number of amides is 1. The average molecular weight is 432 g/mol. The van der Waals surface area contributed by atoms with Crippen LogP contribution in [0.1, 0.15) is 80.4 Å². The quantitative estimate of drug-likeness (QED) is 0.714. The molecule has 2 aliphatic carbocycles. The van der Waals surface area contributed by atoms with Gasteiger partial charge in [-0.2, -0.15) is 0 Å². The third-order valence-electron chi connectivity index (χ3n) is 7.56. The van der Waals surface area contributed by atoms with E-state index >= 15 is 0 Å². The molecule has 2 aromatic rings. The number of alkyl halides is 2. The maximum atomic E-state index is 13.8. The Hall–Kier alpha value is -2.31. The van der Waals surface area contributed by atoms with E-state index in [9.17, 15) is 18.4 Å². The number of carbonyl (C=O) groups is 1. The predicted molar refractivity (Wildman–Crippen MR) is 117 cm³/mol. The van der Waals surface area contributed by atoms with Gasteiger partial charge in [-0.3, -0.25) is 14.6 Å². The summed E-state index contributed by atoms with van der Waals surface area (Å²) in [6, 6.07) is 3.33. The standard InChI is InChI=1S/C24H31F2N3O2/c1-3-14-4-5-16(17(12-14)15-6-9-24(25,26)10-7-15)19-13-20(30)21-18(29-19)8-11-28-22(21)23(31)27-2/h8,11,13-17H,3-7,9-10,12H2,1-2H3,(H,27,31)(H,29,30)/t14-,16+,17-/m0/s1. The number of halogens is 2. The highest BCUT2D eigenvalue weighted by Gasteiger charge is 2.42. The highest BCUT2D eigenvalue weighted by atomic mass is 19.3. The van der Waals surface area contributed by atoms with Crippen LogP contribution in [0.3, 0.4) is 0 Å². The second-order valence-electron chi connectivity index (χ2n) is 9.30. The first-order chi connectivity index (χ1) is 14.8. The van der Waals surface area contributed by atoms with Gasteiger partial charge in [0.2, 0.25) is 5.92 Å². The van der Waals surface area contributed by atoms with Crippen molar-refractivity contribution in [1.29, 1.82) is 0 Å². The monoisotopic (exact) mass is 431 g/mol. The van der Waals surface area contributed by atoms with Crippen molar-refractivity contribution in [2.75, 3.05) is 7.05 Å². The highest BCUT2D eigenvalue weighted by Crippen LogP contribution is 2.50. The van der Waals surface area contributed by atoms with E-state index < -0.39 is 11.8 Å². The third-order valence-corrected chi connectivity index (χ3v) is 7.56. The molecule has 0 unspecified atom stereocenters. The lowest BCUT2D eigenvalue weighted by Gasteiger charge is -2.43. The number of nitrogens with zero attached hydrogens (tertiary/aromatic N) is 1. The molecule has 168 valence electrons. The lowest BCUT2D eigenvalue weighted by Crippen LogP contribution is -2.35. The number of H-pyrrole nitrogens is 1. The molecule has 7 heteroatoms. The zero-order valence-electron chi connectivity index (χ0n) is 18.2. The number of aromatic amines is 1. The Morgan fingerprint density at radius 2 is 2.00 bits per heavy atom. The summed E-state index contributed by atoms with van der Waals surface area (Å²) < 4.78 is 27.6. The minimum absolute atomic E-state index is 0.0346. The Kier molecular flexibility index (Phi) is 6.13. The van der Waals surface area contributed by atoms with Gasteiger partial charge in [0.05, 0.1) is 10.9 Å². The van der Waals surface area contributed by atoms with Gasteiger partial charge < -0.3 is 10.3 Å². The number of aromatic nitrogens is 2. The number of rotatable bonds is 4. The van der Waals surface area contributed by atoms with E-state index in [1.807, 2.05) is 0 Å². The van der Waals surface area contributed by atoms with Crippen LogP contribution >= 0.6 is 0 Å². The number of carbonyl (C=O) groups excluding carboxylic acids is 1. The molecule has 2 heterocycles. The van der Waals surface area contributed by atoms with E-state index in [4.69, 9.17) is 0 Å². The number of fused-ring (bicyclic) bond motifs is 1. The van der Waals surface area contributed by atoms with E-state index in [0.29, 0.717) is 35.6 Å². The van der Waals surface area contributed by atoms with Crippen molar-refractivity contribution >= 4 is 16.8 Å². The maximum absolute atomic E-state index is 13.8. The first-order valence-corrected chi connectivity index (χ1v) is 11.4. The lowest BCUT2D eigenvalue weighted by atomic mass is 9.63. The van der Waals surface area contributed by atoms with Gasteiger partial charge in [-0.1, -0.05) is 13.3 Å². The molecule has 2 N–H and O–H groups in total. The molecular formula is C24H31F2N3O2. The first kappa shape index (κ1) is 21.9. The molecule has 0 aliphatic heterocycles. The number of hydrogen-bond acceptors (Lipinski definition) is 3. The van der Waals surface area contributed by atoms with Crippen LogP contribution in [0, 0.1) is 17.8 Å². The fourth-order valence-electron chi connectivity index (χ4n) is 5.78. The minimum Gasteiger partial charge on any atom is -0.358 e.